The van der Waals surface area contributed by atoms with E-state index in [0.29, 0.717) is 13.1 Å². The Hall–Kier alpha value is -1.55. The average molecular weight is 388 g/mol. The number of urea groups is 1. The number of sulfonamides is 1. The van der Waals surface area contributed by atoms with Gasteiger partial charge < -0.3 is 19.9 Å². The van der Waals surface area contributed by atoms with Gasteiger partial charge in [-0.3, -0.25) is 0 Å². The van der Waals surface area contributed by atoms with Crippen LogP contribution in [0.3, 0.4) is 0 Å². The van der Waals surface area contributed by atoms with Gasteiger partial charge in [0.05, 0.1) is 0 Å². The number of carbonyl (C=O) groups excluding carboxylic acids is 2. The predicted molar refractivity (Wildman–Crippen MR) is 95.2 cm³/mol. The summed E-state index contributed by atoms with van der Waals surface area (Å²) in [4.78, 5) is 27.0. The van der Waals surface area contributed by atoms with Crippen LogP contribution in [0.5, 0.6) is 0 Å². The first-order valence-corrected chi connectivity index (χ1v) is 10.6. The number of ether oxygens (including phenoxy) is 1. The van der Waals surface area contributed by atoms with Gasteiger partial charge in [-0.25, -0.2) is 18.0 Å². The Bertz CT molecular complexity index is 657. The monoisotopic (exact) mass is 388 g/mol. The van der Waals surface area contributed by atoms with E-state index in [1.807, 2.05) is 0 Å². The molecule has 0 bridgehead atoms. The van der Waals surface area contributed by atoms with Crippen LogP contribution in [-0.2, 0) is 14.8 Å². The minimum absolute atomic E-state index is 0.173. The Labute approximate surface area is 154 Å². The summed E-state index contributed by atoms with van der Waals surface area (Å²) in [5.74, 6) is 0. The summed E-state index contributed by atoms with van der Waals surface area (Å²) < 4.78 is 32.2. The molecule has 2 saturated heterocycles. The molecule has 26 heavy (non-hydrogen) atoms. The fourth-order valence-electron chi connectivity index (χ4n) is 2.95. The fraction of sp³-hybridized carbons (Fsp3) is 0.875. The molecule has 2 aliphatic heterocycles. The van der Waals surface area contributed by atoms with Crippen LogP contribution in [0.4, 0.5) is 9.59 Å². The Morgan fingerprint density at radius 3 is 2.08 bits per heavy atom. The third-order valence-electron chi connectivity index (χ3n) is 4.71. The second kappa shape index (κ2) is 6.88. The van der Waals surface area contributed by atoms with Gasteiger partial charge in [-0.2, -0.15) is 4.31 Å². The lowest BCUT2D eigenvalue weighted by Crippen LogP contribution is -2.63. The Kier molecular flexibility index (Phi) is 5.08. The number of piperazine rings is 1. The van der Waals surface area contributed by atoms with E-state index in [1.54, 1.807) is 20.8 Å². The van der Waals surface area contributed by atoms with E-state index in [0.717, 1.165) is 12.8 Å². The third kappa shape index (κ3) is 4.40. The molecule has 10 heteroatoms. The highest BCUT2D eigenvalue weighted by molar-refractivity contribution is 7.89. The van der Waals surface area contributed by atoms with E-state index in [9.17, 15) is 18.0 Å². The number of carbonyl (C=O) groups is 2. The van der Waals surface area contributed by atoms with Crippen LogP contribution < -0.4 is 5.32 Å². The molecule has 0 spiro atoms. The smallest absolute Gasteiger partial charge is 0.410 e. The van der Waals surface area contributed by atoms with Gasteiger partial charge in [-0.15, -0.1) is 0 Å². The largest absolute Gasteiger partial charge is 0.444 e. The summed E-state index contributed by atoms with van der Waals surface area (Å²) >= 11 is 0. The Balaban J connectivity index is 1.46. The molecule has 0 radical (unpaired) electrons. The molecule has 1 aliphatic carbocycles. The molecule has 3 rings (SSSR count). The lowest BCUT2D eigenvalue weighted by molar-refractivity contribution is 0.0191. The molecule has 0 aromatic heterocycles. The summed E-state index contributed by atoms with van der Waals surface area (Å²) in [7, 11) is -3.46. The zero-order valence-electron chi connectivity index (χ0n) is 15.6. The van der Waals surface area contributed by atoms with Crippen molar-refractivity contribution in [3.05, 3.63) is 0 Å². The van der Waals surface area contributed by atoms with Crippen molar-refractivity contribution >= 4 is 22.1 Å². The first kappa shape index (κ1) is 19.2. The molecule has 3 aliphatic rings. The second-order valence-corrected chi connectivity index (χ2v) is 10.4. The third-order valence-corrected chi connectivity index (χ3v) is 6.94. The van der Waals surface area contributed by atoms with Crippen LogP contribution in [-0.4, -0.2) is 90.8 Å². The van der Waals surface area contributed by atoms with Crippen LogP contribution in [0.25, 0.3) is 0 Å². The second-order valence-electron chi connectivity index (χ2n) is 8.16. The minimum Gasteiger partial charge on any atom is -0.444 e. The van der Waals surface area contributed by atoms with Crippen LogP contribution in [0.2, 0.25) is 0 Å². The van der Waals surface area contributed by atoms with Gasteiger partial charge in [0.2, 0.25) is 10.0 Å². The molecule has 0 atom stereocenters. The van der Waals surface area contributed by atoms with Crippen LogP contribution in [0.1, 0.15) is 33.6 Å². The minimum atomic E-state index is -3.46. The van der Waals surface area contributed by atoms with E-state index >= 15 is 0 Å². The summed E-state index contributed by atoms with van der Waals surface area (Å²) in [6, 6.07) is 0.0905. The zero-order chi connectivity index (χ0) is 19.1. The molecule has 1 N–H and O–H groups in total. The van der Waals surface area contributed by atoms with E-state index in [1.165, 1.54) is 14.1 Å². The predicted octanol–water partition coefficient (Wildman–Crippen LogP) is 0.425. The van der Waals surface area contributed by atoms with Gasteiger partial charge in [0.25, 0.3) is 0 Å². The summed E-state index contributed by atoms with van der Waals surface area (Å²) in [5, 5.41) is 2.31. The van der Waals surface area contributed by atoms with Gasteiger partial charge in [0.15, 0.2) is 0 Å². The van der Waals surface area contributed by atoms with Crippen molar-refractivity contribution < 1.29 is 22.7 Å². The van der Waals surface area contributed by atoms with Gasteiger partial charge in [-0.1, -0.05) is 0 Å². The molecular weight excluding hydrogens is 360 g/mol. The quantitative estimate of drug-likeness (QED) is 0.756. The van der Waals surface area contributed by atoms with Crippen molar-refractivity contribution in [3.63, 3.8) is 0 Å². The maximum absolute atomic E-state index is 12.7. The van der Waals surface area contributed by atoms with E-state index in [-0.39, 0.29) is 38.3 Å². The molecule has 148 valence electrons. The zero-order valence-corrected chi connectivity index (χ0v) is 16.4. The maximum Gasteiger partial charge on any atom is 0.410 e. The summed E-state index contributed by atoms with van der Waals surface area (Å²) in [5.41, 5.74) is -0.573. The highest BCUT2D eigenvalue weighted by atomic mass is 32.2. The molecule has 1 saturated carbocycles. The summed E-state index contributed by atoms with van der Waals surface area (Å²) in [6.07, 6.45) is 1.59. The number of rotatable bonds is 3. The van der Waals surface area contributed by atoms with Crippen molar-refractivity contribution in [1.82, 2.24) is 19.4 Å². The first-order chi connectivity index (χ1) is 12.1. The van der Waals surface area contributed by atoms with Crippen LogP contribution in [0, 0.1) is 0 Å². The van der Waals surface area contributed by atoms with Gasteiger partial charge in [0.1, 0.15) is 10.9 Å². The lowest BCUT2D eigenvalue weighted by Gasteiger charge is -2.42. The normalized spacial score (nSPS) is 22.7. The van der Waals surface area contributed by atoms with Gasteiger partial charge in [0, 0.05) is 45.3 Å². The van der Waals surface area contributed by atoms with Crippen molar-refractivity contribution in [3.8, 4) is 0 Å². The molecular formula is C16H28N4O5S. The number of nitrogens with one attached hydrogen (secondary N) is 1. The fourth-order valence-corrected chi connectivity index (χ4v) is 4.78. The van der Waals surface area contributed by atoms with E-state index in [4.69, 9.17) is 4.74 Å². The lowest BCUT2D eigenvalue weighted by atomic mass is 10.2. The number of nitrogens with zero attached hydrogens (tertiary/aromatic N) is 3. The van der Waals surface area contributed by atoms with Gasteiger partial charge >= 0.3 is 12.1 Å². The SMILES string of the molecule is CC(C)(C)OC(=O)N1CCN(S(=O)(=O)C2CN(C(=O)NC3CC3)C2)CC1. The average Bonchev–Trinajstić information content (AvgIpc) is 3.27. The van der Waals surface area contributed by atoms with Crippen molar-refractivity contribution in [2.45, 2.75) is 50.5 Å². The van der Waals surface area contributed by atoms with Gasteiger partial charge in [-0.05, 0) is 33.6 Å². The molecule has 0 aromatic rings. The highest BCUT2D eigenvalue weighted by Gasteiger charge is 2.44. The van der Waals surface area contributed by atoms with Crippen molar-refractivity contribution in [2.75, 3.05) is 39.3 Å². The molecule has 0 aromatic carbocycles. The molecule has 2 heterocycles. The number of likely N-dealkylation sites (tertiary alicyclic amines) is 1. The van der Waals surface area contributed by atoms with Crippen LogP contribution in [0.15, 0.2) is 0 Å². The highest BCUT2D eigenvalue weighted by Crippen LogP contribution is 2.24. The van der Waals surface area contributed by atoms with Crippen molar-refractivity contribution in [2.24, 2.45) is 0 Å². The van der Waals surface area contributed by atoms with E-state index < -0.39 is 27.0 Å². The number of hydrogen-bond acceptors (Lipinski definition) is 5. The van der Waals surface area contributed by atoms with Crippen molar-refractivity contribution in [1.29, 1.82) is 0 Å². The molecule has 3 amide bonds. The first-order valence-electron chi connectivity index (χ1n) is 9.08. The topological polar surface area (TPSA) is 99.3 Å². The summed E-state index contributed by atoms with van der Waals surface area (Å²) in [6.45, 7) is 6.99. The standard InChI is InChI=1S/C16H28N4O5S/c1-16(2,3)25-15(22)18-6-8-20(9-7-18)26(23,24)13-10-19(11-13)14(21)17-12-4-5-12/h12-13H,4-11H2,1-3H3,(H,17,21). The molecule has 3 fully saturated rings. The maximum atomic E-state index is 12.7. The van der Waals surface area contributed by atoms with E-state index in [2.05, 4.69) is 5.32 Å². The molecule has 0 unspecified atom stereocenters. The Morgan fingerprint density at radius 1 is 1.00 bits per heavy atom. The number of amides is 3. The van der Waals surface area contributed by atoms with Crippen LogP contribution >= 0.6 is 0 Å². The number of hydrogen-bond donors (Lipinski definition) is 1. The Morgan fingerprint density at radius 2 is 1.58 bits per heavy atom. The molecule has 9 nitrogen and oxygen atoms in total.